The van der Waals surface area contributed by atoms with Gasteiger partial charge in [0.1, 0.15) is 5.82 Å². The van der Waals surface area contributed by atoms with Crippen LogP contribution >= 0.6 is 0 Å². The lowest BCUT2D eigenvalue weighted by Gasteiger charge is -2.04. The molecule has 3 heteroatoms. The zero-order valence-corrected chi connectivity index (χ0v) is 10.2. The van der Waals surface area contributed by atoms with Crippen LogP contribution in [0, 0.1) is 0 Å². The zero-order chi connectivity index (χ0) is 11.5. The predicted molar refractivity (Wildman–Crippen MR) is 67.4 cm³/mol. The third-order valence-corrected chi connectivity index (χ3v) is 2.68. The Morgan fingerprint density at radius 2 is 2.19 bits per heavy atom. The van der Waals surface area contributed by atoms with Crippen molar-refractivity contribution >= 4 is 11.0 Å². The van der Waals surface area contributed by atoms with Gasteiger partial charge < -0.3 is 10.3 Å². The first-order valence-electron chi connectivity index (χ1n) is 5.90. The highest BCUT2D eigenvalue weighted by molar-refractivity contribution is 5.75. The van der Waals surface area contributed by atoms with Crippen molar-refractivity contribution in [1.82, 2.24) is 15.3 Å². The highest BCUT2D eigenvalue weighted by atomic mass is 15.0. The topological polar surface area (TPSA) is 40.7 Å². The zero-order valence-electron chi connectivity index (χ0n) is 10.2. The number of aromatic amines is 1. The largest absolute Gasteiger partial charge is 0.341 e. The van der Waals surface area contributed by atoms with Gasteiger partial charge in [-0.15, -0.1) is 0 Å². The van der Waals surface area contributed by atoms with Crippen LogP contribution in [0.5, 0.6) is 0 Å². The molecule has 0 unspecified atom stereocenters. The molecule has 16 heavy (non-hydrogen) atoms. The first-order chi connectivity index (χ1) is 7.69. The van der Waals surface area contributed by atoms with Crippen molar-refractivity contribution in [3.8, 4) is 0 Å². The van der Waals surface area contributed by atoms with E-state index in [2.05, 4.69) is 54.3 Å². The van der Waals surface area contributed by atoms with Crippen LogP contribution in [-0.4, -0.2) is 16.0 Å². The summed E-state index contributed by atoms with van der Waals surface area (Å²) >= 11 is 0. The van der Waals surface area contributed by atoms with E-state index < -0.39 is 0 Å². The smallest absolute Gasteiger partial charge is 0.121 e. The summed E-state index contributed by atoms with van der Waals surface area (Å²) in [6, 6.07) is 6.90. The summed E-state index contributed by atoms with van der Waals surface area (Å²) in [7, 11) is 0. The van der Waals surface area contributed by atoms with Crippen molar-refractivity contribution in [2.75, 3.05) is 0 Å². The third-order valence-electron chi connectivity index (χ3n) is 2.68. The summed E-state index contributed by atoms with van der Waals surface area (Å²) in [5, 5.41) is 3.36. The summed E-state index contributed by atoms with van der Waals surface area (Å²) in [6.07, 6.45) is 1.06. The Labute approximate surface area is 96.3 Å². The van der Waals surface area contributed by atoms with E-state index in [4.69, 9.17) is 0 Å². The molecule has 86 valence electrons. The number of rotatable bonds is 4. The van der Waals surface area contributed by atoms with Crippen molar-refractivity contribution in [2.45, 2.75) is 39.8 Å². The fourth-order valence-electron chi connectivity index (χ4n) is 1.71. The van der Waals surface area contributed by atoms with Gasteiger partial charge >= 0.3 is 0 Å². The first kappa shape index (κ1) is 11.1. The third kappa shape index (κ3) is 2.42. The Morgan fingerprint density at radius 3 is 2.88 bits per heavy atom. The molecule has 0 fully saturated rings. The monoisotopic (exact) mass is 217 g/mol. The number of imidazole rings is 1. The number of H-pyrrole nitrogens is 1. The Kier molecular flexibility index (Phi) is 3.25. The highest BCUT2D eigenvalue weighted by Crippen LogP contribution is 2.14. The number of benzene rings is 1. The molecule has 1 heterocycles. The maximum Gasteiger partial charge on any atom is 0.121 e. The molecule has 0 saturated carbocycles. The van der Waals surface area contributed by atoms with Crippen LogP contribution in [0.15, 0.2) is 18.2 Å². The van der Waals surface area contributed by atoms with Crippen LogP contribution in [0.1, 0.15) is 32.2 Å². The molecule has 2 rings (SSSR count). The fourth-order valence-corrected chi connectivity index (χ4v) is 1.71. The average Bonchev–Trinajstić information content (AvgIpc) is 2.67. The minimum absolute atomic E-state index is 0.486. The van der Waals surface area contributed by atoms with Crippen LogP contribution in [0.2, 0.25) is 0 Å². The summed E-state index contributed by atoms with van der Waals surface area (Å²) in [6.45, 7) is 7.24. The molecule has 1 aromatic heterocycles. The number of aryl methyl sites for hydroxylation is 1. The standard InChI is InChI=1S/C13H19N3/c1-4-10-5-6-11-12(7-10)16-13(15-11)8-14-9(2)3/h5-7,9,14H,4,8H2,1-3H3,(H,15,16). The van der Waals surface area contributed by atoms with E-state index >= 15 is 0 Å². The SMILES string of the molecule is CCc1ccc2nc(CNC(C)C)[nH]c2c1. The van der Waals surface area contributed by atoms with Gasteiger partial charge in [0.05, 0.1) is 17.6 Å². The number of aromatic nitrogens is 2. The molecule has 0 amide bonds. The van der Waals surface area contributed by atoms with Crippen LogP contribution in [-0.2, 0) is 13.0 Å². The average molecular weight is 217 g/mol. The molecular formula is C13H19N3. The van der Waals surface area contributed by atoms with E-state index in [0.29, 0.717) is 6.04 Å². The summed E-state index contributed by atoms with van der Waals surface area (Å²) < 4.78 is 0. The van der Waals surface area contributed by atoms with Gasteiger partial charge in [0.2, 0.25) is 0 Å². The van der Waals surface area contributed by atoms with Gasteiger partial charge in [-0.3, -0.25) is 0 Å². The molecule has 1 aromatic carbocycles. The Hall–Kier alpha value is -1.35. The van der Waals surface area contributed by atoms with E-state index in [1.807, 2.05) is 0 Å². The molecule has 0 bridgehead atoms. The molecule has 2 N–H and O–H groups in total. The molecule has 0 aliphatic carbocycles. The second-order valence-electron chi connectivity index (χ2n) is 4.42. The van der Waals surface area contributed by atoms with Crippen LogP contribution in [0.25, 0.3) is 11.0 Å². The predicted octanol–water partition coefficient (Wildman–Crippen LogP) is 2.62. The summed E-state index contributed by atoms with van der Waals surface area (Å²) in [5.74, 6) is 1.01. The Bertz CT molecular complexity index is 471. The normalized spacial score (nSPS) is 11.5. The highest BCUT2D eigenvalue weighted by Gasteiger charge is 2.03. The van der Waals surface area contributed by atoms with E-state index in [-0.39, 0.29) is 0 Å². The van der Waals surface area contributed by atoms with E-state index in [0.717, 1.165) is 29.8 Å². The van der Waals surface area contributed by atoms with Gasteiger partial charge in [-0.25, -0.2) is 4.98 Å². The number of hydrogen-bond acceptors (Lipinski definition) is 2. The van der Waals surface area contributed by atoms with Gasteiger partial charge in [0, 0.05) is 6.04 Å². The minimum atomic E-state index is 0.486. The van der Waals surface area contributed by atoms with Gasteiger partial charge in [-0.1, -0.05) is 26.8 Å². The molecule has 0 atom stereocenters. The van der Waals surface area contributed by atoms with Crippen LogP contribution < -0.4 is 5.32 Å². The number of hydrogen-bond donors (Lipinski definition) is 2. The summed E-state index contributed by atoms with van der Waals surface area (Å²) in [5.41, 5.74) is 3.54. The van der Waals surface area contributed by atoms with Gasteiger partial charge in [0.25, 0.3) is 0 Å². The lowest BCUT2D eigenvalue weighted by atomic mass is 10.1. The molecular weight excluding hydrogens is 198 g/mol. The van der Waals surface area contributed by atoms with Crippen molar-refractivity contribution in [3.05, 3.63) is 29.6 Å². The molecule has 0 saturated heterocycles. The van der Waals surface area contributed by atoms with Crippen molar-refractivity contribution in [1.29, 1.82) is 0 Å². The lowest BCUT2D eigenvalue weighted by Crippen LogP contribution is -2.22. The lowest BCUT2D eigenvalue weighted by molar-refractivity contribution is 0.576. The number of nitrogens with one attached hydrogen (secondary N) is 2. The molecule has 0 aliphatic rings. The Balaban J connectivity index is 2.22. The number of nitrogens with zero attached hydrogens (tertiary/aromatic N) is 1. The molecule has 0 aliphatic heterocycles. The van der Waals surface area contributed by atoms with E-state index in [9.17, 15) is 0 Å². The maximum atomic E-state index is 4.54. The van der Waals surface area contributed by atoms with Crippen LogP contribution in [0.3, 0.4) is 0 Å². The van der Waals surface area contributed by atoms with E-state index in [1.165, 1.54) is 5.56 Å². The maximum absolute atomic E-state index is 4.54. The molecule has 0 radical (unpaired) electrons. The van der Waals surface area contributed by atoms with Gasteiger partial charge in [0.15, 0.2) is 0 Å². The molecule has 2 aromatic rings. The quantitative estimate of drug-likeness (QED) is 0.826. The van der Waals surface area contributed by atoms with Crippen molar-refractivity contribution < 1.29 is 0 Å². The molecule has 3 nitrogen and oxygen atoms in total. The number of fused-ring (bicyclic) bond motifs is 1. The minimum Gasteiger partial charge on any atom is -0.341 e. The van der Waals surface area contributed by atoms with Gasteiger partial charge in [-0.05, 0) is 24.1 Å². The Morgan fingerprint density at radius 1 is 1.38 bits per heavy atom. The van der Waals surface area contributed by atoms with E-state index in [1.54, 1.807) is 0 Å². The molecule has 0 spiro atoms. The second kappa shape index (κ2) is 4.66. The second-order valence-corrected chi connectivity index (χ2v) is 4.42. The van der Waals surface area contributed by atoms with Gasteiger partial charge in [-0.2, -0.15) is 0 Å². The summed E-state index contributed by atoms with van der Waals surface area (Å²) in [4.78, 5) is 7.89. The fraction of sp³-hybridized carbons (Fsp3) is 0.462. The van der Waals surface area contributed by atoms with Crippen molar-refractivity contribution in [2.24, 2.45) is 0 Å². The van der Waals surface area contributed by atoms with Crippen LogP contribution in [0.4, 0.5) is 0 Å². The first-order valence-corrected chi connectivity index (χ1v) is 5.90. The van der Waals surface area contributed by atoms with Crippen molar-refractivity contribution in [3.63, 3.8) is 0 Å².